The van der Waals surface area contributed by atoms with Crippen LogP contribution in [0.25, 0.3) is 58.8 Å². The van der Waals surface area contributed by atoms with Gasteiger partial charge in [-0.05, 0) is 59.2 Å². The lowest BCUT2D eigenvalue weighted by molar-refractivity contribution is 1.12. The van der Waals surface area contributed by atoms with Crippen LogP contribution < -0.4 is 5.32 Å². The highest BCUT2D eigenvalue weighted by molar-refractivity contribution is 8.00. The van der Waals surface area contributed by atoms with Crippen molar-refractivity contribution in [2.24, 2.45) is 0 Å². The highest BCUT2D eigenvalue weighted by Crippen LogP contribution is 2.52. The molecule has 41 heavy (non-hydrogen) atoms. The van der Waals surface area contributed by atoms with Crippen LogP contribution >= 0.6 is 23.1 Å². The van der Waals surface area contributed by atoms with Crippen molar-refractivity contribution in [2.45, 2.75) is 10.3 Å². The van der Waals surface area contributed by atoms with Crippen molar-refractivity contribution in [3.8, 4) is 16.8 Å². The van der Waals surface area contributed by atoms with Gasteiger partial charge in [-0.3, -0.25) is 0 Å². The van der Waals surface area contributed by atoms with E-state index in [1.165, 1.54) is 74.9 Å². The average Bonchev–Trinajstić information content (AvgIpc) is 3.73. The molecule has 6 aromatic carbocycles. The molecule has 1 N–H and O–H groups in total. The van der Waals surface area contributed by atoms with Gasteiger partial charge in [0.2, 0.25) is 0 Å². The van der Waals surface area contributed by atoms with Gasteiger partial charge in [0.05, 0.1) is 16.7 Å². The van der Waals surface area contributed by atoms with Crippen LogP contribution in [0.5, 0.6) is 0 Å². The van der Waals surface area contributed by atoms with Crippen LogP contribution in [0.15, 0.2) is 138 Å². The number of fused-ring (bicyclic) bond motifs is 8. The predicted molar refractivity (Wildman–Crippen MR) is 178 cm³/mol. The first-order valence-corrected chi connectivity index (χ1v) is 15.6. The molecule has 0 radical (unpaired) electrons. The monoisotopic (exact) mass is 560 g/mol. The van der Waals surface area contributed by atoms with Gasteiger partial charge in [-0.15, -0.1) is 11.3 Å². The third kappa shape index (κ3) is 3.58. The van der Waals surface area contributed by atoms with Crippen molar-refractivity contribution >= 4 is 70.8 Å². The molecule has 2 nitrogen and oxygen atoms in total. The summed E-state index contributed by atoms with van der Waals surface area (Å²) in [6, 6.07) is 48.6. The van der Waals surface area contributed by atoms with E-state index in [0.29, 0.717) is 0 Å². The minimum absolute atomic E-state index is 0.182. The van der Waals surface area contributed by atoms with Crippen molar-refractivity contribution in [1.82, 2.24) is 4.57 Å². The Balaban J connectivity index is 1.08. The number of nitrogens with zero attached hydrogens (tertiary/aromatic N) is 1. The highest BCUT2D eigenvalue weighted by Gasteiger charge is 2.26. The summed E-state index contributed by atoms with van der Waals surface area (Å²) >= 11 is 3.79. The van der Waals surface area contributed by atoms with Crippen molar-refractivity contribution in [1.29, 1.82) is 0 Å². The molecule has 0 saturated carbocycles. The molecule has 194 valence electrons. The van der Waals surface area contributed by atoms with E-state index in [4.69, 9.17) is 0 Å². The summed E-state index contributed by atoms with van der Waals surface area (Å²) in [5, 5.41) is 9.33. The van der Waals surface area contributed by atoms with E-state index in [1.807, 2.05) is 23.1 Å². The number of aromatic nitrogens is 1. The molecule has 2 aromatic heterocycles. The second kappa shape index (κ2) is 9.00. The zero-order valence-corrected chi connectivity index (χ0v) is 23.7. The number of thiophene rings is 1. The lowest BCUT2D eigenvalue weighted by Gasteiger charge is -2.13. The number of hydrogen-bond acceptors (Lipinski definition) is 3. The number of para-hydroxylation sites is 2. The maximum Gasteiger partial charge on any atom is 0.103 e. The molecule has 9 rings (SSSR count). The summed E-state index contributed by atoms with van der Waals surface area (Å²) in [6.45, 7) is 0. The minimum atomic E-state index is 0.182. The highest BCUT2D eigenvalue weighted by atomic mass is 32.2. The number of benzene rings is 6. The molecule has 0 spiro atoms. The second-order valence-corrected chi connectivity index (χ2v) is 12.8. The fourth-order valence-corrected chi connectivity index (χ4v) is 8.64. The smallest absolute Gasteiger partial charge is 0.103 e. The molecule has 0 fully saturated rings. The number of anilines is 1. The molecule has 1 aliphatic heterocycles. The van der Waals surface area contributed by atoms with Crippen LogP contribution in [0.2, 0.25) is 0 Å². The largest absolute Gasteiger partial charge is 0.368 e. The quantitative estimate of drug-likeness (QED) is 0.231. The molecule has 4 heteroatoms. The standard InChI is InChI=1S/C37H24N2S2/c1-2-8-23(9-3-1)25-16-19-29-34(22-25)40-32-20-21-33-36(35(29)32)38-37(41-33)24-14-17-26(18-15-24)39-30-12-6-4-10-27(30)28-11-5-7-13-31(28)39/h1-22,37-38H. The molecule has 0 saturated heterocycles. The Morgan fingerprint density at radius 2 is 1.27 bits per heavy atom. The summed E-state index contributed by atoms with van der Waals surface area (Å²) in [5.41, 5.74) is 8.75. The van der Waals surface area contributed by atoms with Gasteiger partial charge < -0.3 is 9.88 Å². The molecular weight excluding hydrogens is 537 g/mol. The Morgan fingerprint density at radius 3 is 2.02 bits per heavy atom. The van der Waals surface area contributed by atoms with Crippen LogP contribution in [-0.4, -0.2) is 4.57 Å². The molecule has 0 bridgehead atoms. The lowest BCUT2D eigenvalue weighted by Crippen LogP contribution is -2.02. The van der Waals surface area contributed by atoms with Gasteiger partial charge in [0, 0.05) is 41.5 Å². The topological polar surface area (TPSA) is 17.0 Å². The van der Waals surface area contributed by atoms with Crippen LogP contribution in [0, 0.1) is 0 Å². The van der Waals surface area contributed by atoms with E-state index in [2.05, 4.69) is 143 Å². The van der Waals surface area contributed by atoms with Gasteiger partial charge in [-0.1, -0.05) is 103 Å². The van der Waals surface area contributed by atoms with E-state index in [1.54, 1.807) is 0 Å². The summed E-state index contributed by atoms with van der Waals surface area (Å²) in [4.78, 5) is 1.32. The molecule has 1 atom stereocenters. The van der Waals surface area contributed by atoms with Gasteiger partial charge >= 0.3 is 0 Å². The summed E-state index contributed by atoms with van der Waals surface area (Å²) in [6.07, 6.45) is 0. The van der Waals surface area contributed by atoms with Crippen LogP contribution in [0.4, 0.5) is 5.69 Å². The Kier molecular flexibility index (Phi) is 5.10. The number of nitrogens with one attached hydrogen (secondary N) is 1. The zero-order chi connectivity index (χ0) is 26.9. The number of hydrogen-bond donors (Lipinski definition) is 1. The van der Waals surface area contributed by atoms with E-state index in [9.17, 15) is 0 Å². The van der Waals surface area contributed by atoms with Crippen LogP contribution in [0.3, 0.4) is 0 Å². The van der Waals surface area contributed by atoms with Gasteiger partial charge in [-0.2, -0.15) is 0 Å². The van der Waals surface area contributed by atoms with Crippen molar-refractivity contribution in [3.63, 3.8) is 0 Å². The summed E-state index contributed by atoms with van der Waals surface area (Å²) < 4.78 is 5.04. The zero-order valence-electron chi connectivity index (χ0n) is 22.0. The van der Waals surface area contributed by atoms with Crippen LogP contribution in [-0.2, 0) is 0 Å². The van der Waals surface area contributed by atoms with Crippen molar-refractivity contribution in [2.75, 3.05) is 5.32 Å². The third-order valence-electron chi connectivity index (χ3n) is 8.26. The fraction of sp³-hybridized carbons (Fsp3) is 0.0270. The van der Waals surface area contributed by atoms with Crippen molar-refractivity contribution in [3.05, 3.63) is 139 Å². The maximum absolute atomic E-state index is 3.89. The summed E-state index contributed by atoms with van der Waals surface area (Å²) in [7, 11) is 0. The van der Waals surface area contributed by atoms with E-state index >= 15 is 0 Å². The first-order chi connectivity index (χ1) is 20.3. The molecule has 0 aliphatic carbocycles. The van der Waals surface area contributed by atoms with E-state index in [0.717, 1.165) is 0 Å². The molecule has 1 aliphatic rings. The average molecular weight is 561 g/mol. The first-order valence-electron chi connectivity index (χ1n) is 13.9. The SMILES string of the molecule is c1ccc(-c2ccc3c(c2)sc2ccc4c(c23)NC(c2ccc(-n3c5ccccc5c5ccccc53)cc2)S4)cc1. The van der Waals surface area contributed by atoms with Gasteiger partial charge in [0.25, 0.3) is 0 Å². The molecule has 1 unspecified atom stereocenters. The predicted octanol–water partition coefficient (Wildman–Crippen LogP) is 11.0. The Morgan fingerprint density at radius 1 is 0.561 bits per heavy atom. The van der Waals surface area contributed by atoms with Crippen molar-refractivity contribution < 1.29 is 0 Å². The van der Waals surface area contributed by atoms with E-state index < -0.39 is 0 Å². The normalized spacial score (nSPS) is 14.7. The van der Waals surface area contributed by atoms with Gasteiger partial charge in [-0.25, -0.2) is 0 Å². The summed E-state index contributed by atoms with van der Waals surface area (Å²) in [5.74, 6) is 0. The lowest BCUT2D eigenvalue weighted by atomic mass is 10.0. The first kappa shape index (κ1) is 23.2. The van der Waals surface area contributed by atoms with Gasteiger partial charge in [0.15, 0.2) is 0 Å². The molecule has 3 heterocycles. The number of rotatable bonds is 3. The van der Waals surface area contributed by atoms with Gasteiger partial charge in [0.1, 0.15) is 5.37 Å². The second-order valence-electron chi connectivity index (χ2n) is 10.6. The molecule has 0 amide bonds. The molecular formula is C37H24N2S2. The maximum atomic E-state index is 3.89. The Hall–Kier alpha value is -4.51. The Bertz CT molecular complexity index is 2210. The molecule has 8 aromatic rings. The Labute approximate surface area is 245 Å². The van der Waals surface area contributed by atoms with E-state index in [-0.39, 0.29) is 5.37 Å². The van der Waals surface area contributed by atoms with Crippen LogP contribution in [0.1, 0.15) is 10.9 Å². The minimum Gasteiger partial charge on any atom is -0.368 e. The third-order valence-corrected chi connectivity index (χ3v) is 10.6. The fourth-order valence-electron chi connectivity index (χ4n) is 6.34. The number of thioether (sulfide) groups is 1.